The number of urea groups is 1. The normalized spacial score (nSPS) is 23.9. The number of allylic oxidation sites excluding steroid dienone is 2. The average molecular weight is 344 g/mol. The first-order valence-corrected chi connectivity index (χ1v) is 9.66. The van der Waals surface area contributed by atoms with E-state index in [-0.39, 0.29) is 12.1 Å². The Bertz CT molecular complexity index is 527. The minimum atomic E-state index is -3.36. The Hall–Kier alpha value is -1.12. The molecule has 1 fully saturated rings. The van der Waals surface area contributed by atoms with Crippen LogP contribution >= 0.6 is 0 Å². The number of carbonyl (C=O) groups is 1. The lowest BCUT2D eigenvalue weighted by molar-refractivity contribution is 0.198. The first-order valence-electron chi connectivity index (χ1n) is 8.26. The summed E-state index contributed by atoms with van der Waals surface area (Å²) in [6, 6.07) is -0.306. The largest absolute Gasteiger partial charge is 0.338 e. The van der Waals surface area contributed by atoms with Crippen molar-refractivity contribution in [1.82, 2.24) is 19.2 Å². The van der Waals surface area contributed by atoms with Crippen LogP contribution in [0.1, 0.15) is 32.1 Å². The Morgan fingerprint density at radius 1 is 1.22 bits per heavy atom. The van der Waals surface area contributed by atoms with Gasteiger partial charge in [-0.15, -0.1) is 0 Å². The van der Waals surface area contributed by atoms with Gasteiger partial charge in [-0.05, 0) is 38.0 Å². The van der Waals surface area contributed by atoms with Gasteiger partial charge in [-0.1, -0.05) is 12.2 Å². The Morgan fingerprint density at radius 2 is 1.91 bits per heavy atom. The lowest BCUT2D eigenvalue weighted by Gasteiger charge is -2.39. The molecule has 2 rings (SSSR count). The summed E-state index contributed by atoms with van der Waals surface area (Å²) >= 11 is 0. The molecule has 1 unspecified atom stereocenters. The van der Waals surface area contributed by atoms with E-state index in [1.54, 1.807) is 0 Å². The molecule has 8 heteroatoms. The van der Waals surface area contributed by atoms with Crippen molar-refractivity contribution >= 4 is 16.2 Å². The van der Waals surface area contributed by atoms with E-state index in [0.29, 0.717) is 25.6 Å². The highest BCUT2D eigenvalue weighted by Crippen LogP contribution is 2.18. The second kappa shape index (κ2) is 8.12. The van der Waals surface area contributed by atoms with Gasteiger partial charge in [-0.3, -0.25) is 0 Å². The predicted octanol–water partition coefficient (Wildman–Crippen LogP) is 0.913. The van der Waals surface area contributed by atoms with Crippen LogP contribution in [0.4, 0.5) is 4.79 Å². The molecule has 2 aliphatic rings. The quantitative estimate of drug-likeness (QED) is 0.728. The maximum atomic E-state index is 11.9. The third kappa shape index (κ3) is 5.19. The fourth-order valence-corrected chi connectivity index (χ4v) is 4.06. The first-order chi connectivity index (χ1) is 10.9. The third-order valence-corrected chi connectivity index (χ3v) is 6.29. The molecule has 1 heterocycles. The van der Waals surface area contributed by atoms with Gasteiger partial charge in [-0.2, -0.15) is 17.0 Å². The van der Waals surface area contributed by atoms with E-state index in [0.717, 1.165) is 25.7 Å². The van der Waals surface area contributed by atoms with Gasteiger partial charge in [0.25, 0.3) is 10.2 Å². The van der Waals surface area contributed by atoms with E-state index in [1.807, 2.05) is 0 Å². The molecule has 0 saturated carbocycles. The standard InChI is InChI=1S/C15H28N4O3S/c1-18(2)23(21,22)19-11-14(12-19)17-15(20)16-10-13-8-6-4-3-5-7-9-13/h3-4,13-14H,5-12H2,1-2H3,(H2,16,17,20). The number of amides is 2. The Morgan fingerprint density at radius 3 is 2.61 bits per heavy atom. The van der Waals surface area contributed by atoms with E-state index >= 15 is 0 Å². The van der Waals surface area contributed by atoms with Gasteiger partial charge >= 0.3 is 6.03 Å². The maximum absolute atomic E-state index is 11.9. The lowest BCUT2D eigenvalue weighted by Crippen LogP contribution is -2.63. The number of hydrogen-bond acceptors (Lipinski definition) is 3. The summed E-state index contributed by atoms with van der Waals surface area (Å²) in [4.78, 5) is 11.9. The molecule has 0 spiro atoms. The molecule has 2 amide bonds. The Labute approximate surface area is 139 Å². The minimum absolute atomic E-state index is 0.106. The lowest BCUT2D eigenvalue weighted by atomic mass is 9.94. The molecule has 0 bridgehead atoms. The summed E-state index contributed by atoms with van der Waals surface area (Å²) in [6.07, 6.45) is 10.1. The molecular weight excluding hydrogens is 316 g/mol. The summed E-state index contributed by atoms with van der Waals surface area (Å²) in [7, 11) is -0.343. The van der Waals surface area contributed by atoms with Crippen molar-refractivity contribution in [3.8, 4) is 0 Å². The highest BCUT2D eigenvalue weighted by atomic mass is 32.2. The monoisotopic (exact) mass is 344 g/mol. The van der Waals surface area contributed by atoms with Gasteiger partial charge in [0, 0.05) is 33.7 Å². The zero-order valence-corrected chi connectivity index (χ0v) is 14.8. The van der Waals surface area contributed by atoms with Crippen molar-refractivity contribution in [2.75, 3.05) is 33.7 Å². The Kier molecular flexibility index (Phi) is 6.43. The molecule has 0 radical (unpaired) electrons. The van der Waals surface area contributed by atoms with Crippen LogP contribution in [-0.2, 0) is 10.2 Å². The zero-order chi connectivity index (χ0) is 16.9. The second-order valence-corrected chi connectivity index (χ2v) is 8.65. The zero-order valence-electron chi connectivity index (χ0n) is 14.0. The van der Waals surface area contributed by atoms with Gasteiger partial charge in [-0.25, -0.2) is 4.79 Å². The summed E-state index contributed by atoms with van der Waals surface area (Å²) in [5.74, 6) is 0.526. The van der Waals surface area contributed by atoms with Crippen LogP contribution in [0.2, 0.25) is 0 Å². The van der Waals surface area contributed by atoms with Crippen LogP contribution < -0.4 is 10.6 Å². The van der Waals surface area contributed by atoms with E-state index in [9.17, 15) is 13.2 Å². The fourth-order valence-electron chi connectivity index (χ4n) is 2.86. The molecule has 2 N–H and O–H groups in total. The van der Waals surface area contributed by atoms with Crippen LogP contribution in [0, 0.1) is 5.92 Å². The minimum Gasteiger partial charge on any atom is -0.338 e. The summed E-state index contributed by atoms with van der Waals surface area (Å²) in [6.45, 7) is 1.36. The van der Waals surface area contributed by atoms with Crippen molar-refractivity contribution in [2.24, 2.45) is 5.92 Å². The molecule has 7 nitrogen and oxygen atoms in total. The van der Waals surface area contributed by atoms with Gasteiger partial charge < -0.3 is 10.6 Å². The molecule has 1 aliphatic carbocycles. The van der Waals surface area contributed by atoms with Crippen molar-refractivity contribution in [2.45, 2.75) is 38.1 Å². The SMILES string of the molecule is CN(C)S(=O)(=O)N1CC(NC(=O)NCC2CCC=CCCC2)C1. The van der Waals surface area contributed by atoms with Crippen LogP contribution in [0.5, 0.6) is 0 Å². The van der Waals surface area contributed by atoms with Crippen LogP contribution in [0.3, 0.4) is 0 Å². The molecular formula is C15H28N4O3S. The molecule has 23 heavy (non-hydrogen) atoms. The van der Waals surface area contributed by atoms with Gasteiger partial charge in [0.15, 0.2) is 0 Å². The van der Waals surface area contributed by atoms with E-state index in [4.69, 9.17) is 0 Å². The number of nitrogens with one attached hydrogen (secondary N) is 2. The maximum Gasteiger partial charge on any atom is 0.315 e. The Balaban J connectivity index is 1.66. The summed E-state index contributed by atoms with van der Waals surface area (Å²) in [5, 5.41) is 5.76. The highest BCUT2D eigenvalue weighted by molar-refractivity contribution is 7.86. The molecule has 0 aromatic carbocycles. The van der Waals surface area contributed by atoms with Crippen LogP contribution in [0.15, 0.2) is 12.2 Å². The van der Waals surface area contributed by atoms with Gasteiger partial charge in [0.2, 0.25) is 0 Å². The predicted molar refractivity (Wildman–Crippen MR) is 90.2 cm³/mol. The molecule has 1 aliphatic heterocycles. The topological polar surface area (TPSA) is 81.8 Å². The van der Waals surface area contributed by atoms with Crippen LogP contribution in [-0.4, -0.2) is 62.8 Å². The number of nitrogens with zero attached hydrogens (tertiary/aromatic N) is 2. The average Bonchev–Trinajstić information content (AvgIpc) is 2.40. The van der Waals surface area contributed by atoms with E-state index in [1.165, 1.54) is 29.1 Å². The number of hydrogen-bond donors (Lipinski definition) is 2. The molecule has 132 valence electrons. The fraction of sp³-hybridized carbons (Fsp3) is 0.800. The van der Waals surface area contributed by atoms with Gasteiger partial charge in [0.05, 0.1) is 6.04 Å². The first kappa shape index (κ1) is 18.2. The smallest absolute Gasteiger partial charge is 0.315 e. The third-order valence-electron chi connectivity index (χ3n) is 4.41. The van der Waals surface area contributed by atoms with E-state index in [2.05, 4.69) is 22.8 Å². The molecule has 1 saturated heterocycles. The van der Waals surface area contributed by atoms with Crippen molar-refractivity contribution in [3.05, 3.63) is 12.2 Å². The van der Waals surface area contributed by atoms with Crippen molar-refractivity contribution in [1.29, 1.82) is 0 Å². The number of carbonyl (C=O) groups excluding carboxylic acids is 1. The summed E-state index contributed by atoms with van der Waals surface area (Å²) < 4.78 is 26.3. The molecule has 0 aromatic heterocycles. The second-order valence-electron chi connectivity index (χ2n) is 6.50. The van der Waals surface area contributed by atoms with Crippen LogP contribution in [0.25, 0.3) is 0 Å². The summed E-state index contributed by atoms with van der Waals surface area (Å²) in [5.41, 5.74) is 0. The highest BCUT2D eigenvalue weighted by Gasteiger charge is 2.37. The van der Waals surface area contributed by atoms with Crippen molar-refractivity contribution < 1.29 is 13.2 Å². The van der Waals surface area contributed by atoms with Gasteiger partial charge in [0.1, 0.15) is 0 Å². The number of rotatable bonds is 5. The van der Waals surface area contributed by atoms with E-state index < -0.39 is 10.2 Å². The van der Waals surface area contributed by atoms with Crippen molar-refractivity contribution in [3.63, 3.8) is 0 Å². The molecule has 0 aromatic rings. The molecule has 1 atom stereocenters.